The number of nitrogens with zero attached hydrogens (tertiary/aromatic N) is 6. The summed E-state index contributed by atoms with van der Waals surface area (Å²) in [5, 5.41) is 20.3. The van der Waals surface area contributed by atoms with Crippen LogP contribution in [-0.2, 0) is 25.8 Å². The van der Waals surface area contributed by atoms with Gasteiger partial charge >= 0.3 is 6.18 Å². The zero-order chi connectivity index (χ0) is 35.9. The second-order valence-corrected chi connectivity index (χ2v) is 13.1. The third-order valence-electron chi connectivity index (χ3n) is 7.78. The Balaban J connectivity index is 1.28. The van der Waals surface area contributed by atoms with Gasteiger partial charge in [-0.05, 0) is 63.2 Å². The van der Waals surface area contributed by atoms with Crippen molar-refractivity contribution >= 4 is 27.7 Å². The second-order valence-electron chi connectivity index (χ2n) is 11.4. The number of hydrogen-bond acceptors (Lipinski definition) is 9. The molecule has 49 heavy (non-hydrogen) atoms. The Morgan fingerprint density at radius 1 is 1.00 bits per heavy atom. The van der Waals surface area contributed by atoms with Crippen molar-refractivity contribution in [3.05, 3.63) is 106 Å². The Morgan fingerprint density at radius 2 is 1.57 bits per heavy atom. The number of nitrogens with one attached hydrogen (secondary N) is 1. The van der Waals surface area contributed by atoms with Crippen molar-refractivity contribution in [3.8, 4) is 16.9 Å². The summed E-state index contributed by atoms with van der Waals surface area (Å²) in [6, 6.07) is 18.3. The summed E-state index contributed by atoms with van der Waals surface area (Å²) in [6.45, 7) is 3.55. The number of fused-ring (bicyclic) bond motifs is 1. The van der Waals surface area contributed by atoms with Gasteiger partial charge in [-0.25, -0.2) is 22.7 Å². The van der Waals surface area contributed by atoms with Crippen LogP contribution in [-0.4, -0.2) is 70.1 Å². The van der Waals surface area contributed by atoms with E-state index < -0.39 is 56.8 Å². The molecule has 0 bridgehead atoms. The Bertz CT molecular complexity index is 2040. The average molecular weight is 700 g/mol. The maximum absolute atomic E-state index is 13.6. The maximum atomic E-state index is 13.6. The Labute approximate surface area is 277 Å². The van der Waals surface area contributed by atoms with E-state index in [1.54, 1.807) is 36.4 Å². The van der Waals surface area contributed by atoms with E-state index in [-0.39, 0.29) is 27.5 Å². The molecule has 0 saturated carbocycles. The molecular formula is C31H28F3N7O7S. The molecule has 3 aromatic carbocycles. The molecule has 256 valence electrons. The lowest BCUT2D eigenvalue weighted by atomic mass is 10.1. The van der Waals surface area contributed by atoms with Crippen LogP contribution in [0.3, 0.4) is 0 Å². The number of halogens is 3. The van der Waals surface area contributed by atoms with E-state index in [1.807, 2.05) is 11.6 Å². The van der Waals surface area contributed by atoms with Gasteiger partial charge in [0.15, 0.2) is 11.2 Å². The van der Waals surface area contributed by atoms with E-state index in [0.29, 0.717) is 10.6 Å². The monoisotopic (exact) mass is 699 g/mol. The molecule has 4 aromatic rings. The van der Waals surface area contributed by atoms with E-state index >= 15 is 0 Å². The number of hydrazine groups is 1. The predicted octanol–water partition coefficient (Wildman–Crippen LogP) is 4.44. The number of carbonyl (C=O) groups excluding carboxylic acids is 3. The predicted molar refractivity (Wildman–Crippen MR) is 165 cm³/mol. The molecule has 0 radical (unpaired) electrons. The van der Waals surface area contributed by atoms with Gasteiger partial charge in [-0.3, -0.25) is 14.4 Å². The van der Waals surface area contributed by atoms with Gasteiger partial charge in [-0.1, -0.05) is 42.0 Å². The summed E-state index contributed by atoms with van der Waals surface area (Å²) in [4.78, 5) is 43.1. The third kappa shape index (κ3) is 6.80. The number of amides is 3. The number of likely N-dealkylation sites (N-methyl/N-ethyl adjacent to an activating group) is 1. The van der Waals surface area contributed by atoms with Gasteiger partial charge in [0.1, 0.15) is 0 Å². The number of aryl methyl sites for hydroxylation is 1. The van der Waals surface area contributed by atoms with Gasteiger partial charge in [0.05, 0.1) is 39.4 Å². The Hall–Kier alpha value is -5.78. The van der Waals surface area contributed by atoms with Crippen molar-refractivity contribution in [2.45, 2.75) is 37.4 Å². The fourth-order valence-electron chi connectivity index (χ4n) is 4.62. The van der Waals surface area contributed by atoms with Crippen LogP contribution in [0.2, 0.25) is 0 Å². The highest BCUT2D eigenvalue weighted by Crippen LogP contribution is 2.33. The minimum Gasteiger partial charge on any atom is -0.569 e. The summed E-state index contributed by atoms with van der Waals surface area (Å²) < 4.78 is 69.8. The highest BCUT2D eigenvalue weighted by atomic mass is 32.2. The summed E-state index contributed by atoms with van der Waals surface area (Å²) in [5.41, 5.74) is -1.13. The summed E-state index contributed by atoms with van der Waals surface area (Å²) in [7, 11) is -3.43. The molecule has 0 atom stereocenters. The van der Waals surface area contributed by atoms with E-state index in [1.165, 1.54) is 38.1 Å². The zero-order valence-electron chi connectivity index (χ0n) is 26.3. The molecule has 14 nitrogen and oxygen atoms in total. The number of imide groups is 1. The highest BCUT2D eigenvalue weighted by Gasteiger charge is 2.41. The molecule has 1 aliphatic heterocycles. The van der Waals surface area contributed by atoms with E-state index in [0.717, 1.165) is 40.4 Å². The van der Waals surface area contributed by atoms with Crippen LogP contribution in [0.1, 0.15) is 45.8 Å². The summed E-state index contributed by atoms with van der Waals surface area (Å²) in [6.07, 6.45) is -4.74. The van der Waals surface area contributed by atoms with Gasteiger partial charge in [0.2, 0.25) is 12.0 Å². The molecule has 1 aliphatic rings. The van der Waals surface area contributed by atoms with Crippen LogP contribution in [0.5, 0.6) is 0 Å². The van der Waals surface area contributed by atoms with E-state index in [4.69, 9.17) is 4.84 Å². The SMILES string of the molecule is Cc1ccc(-c2cc(C(F)(F)F)nn2-c2ccc(S(=O)(=O)NC(=O)C(C)(C)N(C)[N+]([O-])=NOCN3C(=O)c4ccccc4C3=O)cc2)cc1. The van der Waals surface area contributed by atoms with Crippen LogP contribution in [0.25, 0.3) is 16.9 Å². The van der Waals surface area contributed by atoms with Gasteiger partial charge < -0.3 is 10.0 Å². The van der Waals surface area contributed by atoms with Crippen LogP contribution in [0.4, 0.5) is 13.2 Å². The van der Waals surface area contributed by atoms with Crippen LogP contribution in [0, 0.1) is 12.1 Å². The van der Waals surface area contributed by atoms with Crippen molar-refractivity contribution in [2.75, 3.05) is 13.8 Å². The number of rotatable bonds is 10. The third-order valence-corrected chi connectivity index (χ3v) is 9.13. The fourth-order valence-corrected chi connectivity index (χ4v) is 5.73. The first-order chi connectivity index (χ1) is 22.9. The lowest BCUT2D eigenvalue weighted by Gasteiger charge is -2.29. The standard InChI is InChI=1S/C31H28F3N7O7S/c1-19-9-11-20(12-10-19)25-17-26(31(32,33)34)35-40(25)21-13-15-22(16-14-21)49(46,47)36-29(44)30(2,3)38(4)41(45)37-48-18-39-27(42)23-7-5-6-8-24(23)28(39)43/h5-17H,18H2,1-4H3,(H,36,44). The highest BCUT2D eigenvalue weighted by molar-refractivity contribution is 7.90. The van der Waals surface area contributed by atoms with Crippen LogP contribution >= 0.6 is 0 Å². The molecule has 1 aromatic heterocycles. The Kier molecular flexibility index (Phi) is 8.94. The number of sulfonamides is 1. The maximum Gasteiger partial charge on any atom is 0.435 e. The molecule has 0 unspecified atom stereocenters. The van der Waals surface area contributed by atoms with E-state index in [9.17, 15) is 41.2 Å². The van der Waals surface area contributed by atoms with Crippen molar-refractivity contribution in [2.24, 2.45) is 5.28 Å². The fraction of sp³-hybridized carbons (Fsp3) is 0.226. The lowest BCUT2D eigenvalue weighted by molar-refractivity contribution is -0.717. The summed E-state index contributed by atoms with van der Waals surface area (Å²) >= 11 is 0. The van der Waals surface area contributed by atoms with Crippen molar-refractivity contribution in [1.82, 2.24) is 24.4 Å². The molecule has 2 heterocycles. The van der Waals surface area contributed by atoms with Crippen molar-refractivity contribution in [3.63, 3.8) is 0 Å². The first-order valence-corrected chi connectivity index (χ1v) is 15.8. The van der Waals surface area contributed by atoms with Gasteiger partial charge in [-0.2, -0.15) is 18.3 Å². The molecule has 0 saturated heterocycles. The minimum atomic E-state index is -4.74. The zero-order valence-corrected chi connectivity index (χ0v) is 27.1. The number of carbonyl (C=O) groups is 3. The summed E-state index contributed by atoms with van der Waals surface area (Å²) in [5.74, 6) is -2.46. The van der Waals surface area contributed by atoms with Gasteiger partial charge in [0, 0.05) is 5.56 Å². The lowest BCUT2D eigenvalue weighted by Crippen LogP contribution is -2.56. The average Bonchev–Trinajstić information content (AvgIpc) is 3.61. The molecule has 18 heteroatoms. The first-order valence-electron chi connectivity index (χ1n) is 14.3. The quantitative estimate of drug-likeness (QED) is 0.109. The number of hydrogen-bond donors (Lipinski definition) is 1. The van der Waals surface area contributed by atoms with Gasteiger partial charge in [0.25, 0.3) is 27.7 Å². The van der Waals surface area contributed by atoms with E-state index in [2.05, 4.69) is 10.4 Å². The second kappa shape index (κ2) is 12.7. The largest absolute Gasteiger partial charge is 0.569 e. The molecule has 0 spiro atoms. The number of benzene rings is 3. The van der Waals surface area contributed by atoms with Crippen molar-refractivity contribution < 1.29 is 45.8 Å². The molecule has 0 aliphatic carbocycles. The molecule has 1 N–H and O–H groups in total. The molecule has 3 amide bonds. The minimum absolute atomic E-state index is 0.112. The Morgan fingerprint density at radius 3 is 2.12 bits per heavy atom. The van der Waals surface area contributed by atoms with Gasteiger partial charge in [-0.15, -0.1) is 5.01 Å². The van der Waals surface area contributed by atoms with Crippen LogP contribution in [0.15, 0.2) is 89.0 Å². The number of aromatic nitrogens is 2. The van der Waals surface area contributed by atoms with Crippen molar-refractivity contribution in [1.29, 1.82) is 0 Å². The molecule has 5 rings (SSSR count). The molecular weight excluding hydrogens is 671 g/mol. The first kappa shape index (κ1) is 34.6. The van der Waals surface area contributed by atoms with Crippen LogP contribution < -0.4 is 4.72 Å². The topological polar surface area (TPSA) is 169 Å². The normalized spacial score (nSPS) is 13.8. The smallest absolute Gasteiger partial charge is 0.435 e. The number of alkyl halides is 3. The molecule has 0 fully saturated rings.